The van der Waals surface area contributed by atoms with Crippen molar-refractivity contribution in [2.24, 2.45) is 0 Å². The van der Waals surface area contributed by atoms with Gasteiger partial charge in [0.25, 0.3) is 5.69 Å². The minimum Gasteiger partial charge on any atom is -0.493 e. The molecule has 0 saturated heterocycles. The molecule has 0 atom stereocenters. The number of non-ortho nitro benzene ring substituents is 1. The molecule has 1 N–H and O–H groups in total. The van der Waals surface area contributed by atoms with Gasteiger partial charge in [-0.1, -0.05) is 23.7 Å². The first kappa shape index (κ1) is 19.3. The number of nitrogens with one attached hydrogen (secondary N) is 1. The highest BCUT2D eigenvalue weighted by Gasteiger charge is 2.10. The van der Waals surface area contributed by atoms with Crippen molar-refractivity contribution in [3.63, 3.8) is 0 Å². The lowest BCUT2D eigenvalue weighted by molar-refractivity contribution is -0.384. The number of hydrogen-bond acceptors (Lipinski definition) is 5. The van der Waals surface area contributed by atoms with E-state index < -0.39 is 4.92 Å². The smallest absolute Gasteiger partial charge is 0.269 e. The molecule has 0 spiro atoms. The van der Waals surface area contributed by atoms with Crippen molar-refractivity contribution in [2.75, 3.05) is 14.2 Å². The first-order valence-electron chi connectivity index (χ1n) is 7.55. The summed E-state index contributed by atoms with van der Waals surface area (Å²) in [6.07, 6.45) is 2.96. The number of rotatable bonds is 7. The van der Waals surface area contributed by atoms with Crippen molar-refractivity contribution in [3.8, 4) is 11.5 Å². The molecule has 0 heterocycles. The Labute approximate surface area is 155 Å². The molecule has 2 aromatic carbocycles. The second-order valence-corrected chi connectivity index (χ2v) is 5.62. The second kappa shape index (κ2) is 8.87. The van der Waals surface area contributed by atoms with Crippen LogP contribution in [0.4, 0.5) is 5.69 Å². The molecule has 1 amide bonds. The van der Waals surface area contributed by atoms with E-state index in [4.69, 9.17) is 21.1 Å². The van der Waals surface area contributed by atoms with Gasteiger partial charge in [-0.3, -0.25) is 14.9 Å². The van der Waals surface area contributed by atoms with Crippen molar-refractivity contribution in [2.45, 2.75) is 6.54 Å². The number of carbonyl (C=O) groups excluding carboxylic acids is 1. The van der Waals surface area contributed by atoms with E-state index in [0.29, 0.717) is 22.1 Å². The second-order valence-electron chi connectivity index (χ2n) is 5.21. The van der Waals surface area contributed by atoms with Crippen molar-refractivity contribution >= 4 is 29.3 Å². The molecule has 0 aliphatic carbocycles. The topological polar surface area (TPSA) is 90.7 Å². The number of nitrogens with zero attached hydrogens (tertiary/aromatic N) is 1. The zero-order valence-electron chi connectivity index (χ0n) is 14.2. The Balaban J connectivity index is 1.99. The largest absolute Gasteiger partial charge is 0.493 e. The summed E-state index contributed by atoms with van der Waals surface area (Å²) in [7, 11) is 2.99. The Morgan fingerprint density at radius 3 is 2.50 bits per heavy atom. The summed E-state index contributed by atoms with van der Waals surface area (Å²) in [5.74, 6) is 0.578. The lowest BCUT2D eigenvalue weighted by Gasteiger charge is -2.10. The summed E-state index contributed by atoms with van der Waals surface area (Å²) in [5, 5.41) is 13.7. The molecule has 0 unspecified atom stereocenters. The fraction of sp³-hybridized carbons (Fsp3) is 0.167. The maximum Gasteiger partial charge on any atom is 0.269 e. The van der Waals surface area contributed by atoms with Gasteiger partial charge in [-0.15, -0.1) is 0 Å². The van der Waals surface area contributed by atoms with Crippen LogP contribution in [-0.2, 0) is 11.3 Å². The highest BCUT2D eigenvalue weighted by molar-refractivity contribution is 6.32. The third-order valence-corrected chi connectivity index (χ3v) is 3.78. The average Bonchev–Trinajstić information content (AvgIpc) is 2.64. The number of benzene rings is 2. The monoisotopic (exact) mass is 376 g/mol. The van der Waals surface area contributed by atoms with Gasteiger partial charge in [-0.05, 0) is 29.3 Å². The van der Waals surface area contributed by atoms with Crippen molar-refractivity contribution in [1.29, 1.82) is 0 Å². The Bertz CT molecular complexity index is 834. The normalized spacial score (nSPS) is 10.6. The van der Waals surface area contributed by atoms with Gasteiger partial charge in [0, 0.05) is 24.8 Å². The highest BCUT2D eigenvalue weighted by atomic mass is 35.5. The van der Waals surface area contributed by atoms with Gasteiger partial charge in [0.2, 0.25) is 5.91 Å². The third kappa shape index (κ3) is 4.97. The van der Waals surface area contributed by atoms with Crippen LogP contribution in [0.5, 0.6) is 11.5 Å². The van der Waals surface area contributed by atoms with E-state index in [9.17, 15) is 14.9 Å². The molecule has 8 heteroatoms. The van der Waals surface area contributed by atoms with Gasteiger partial charge in [-0.2, -0.15) is 0 Å². The Morgan fingerprint density at radius 1 is 1.23 bits per heavy atom. The van der Waals surface area contributed by atoms with Crippen molar-refractivity contribution in [1.82, 2.24) is 5.32 Å². The summed E-state index contributed by atoms with van der Waals surface area (Å²) in [6.45, 7) is 0.258. The van der Waals surface area contributed by atoms with E-state index in [1.165, 1.54) is 32.4 Å². The van der Waals surface area contributed by atoms with Gasteiger partial charge in [0.15, 0.2) is 11.5 Å². The van der Waals surface area contributed by atoms with Crippen LogP contribution >= 0.6 is 11.6 Å². The van der Waals surface area contributed by atoms with Gasteiger partial charge >= 0.3 is 0 Å². The number of ether oxygens (including phenoxy) is 2. The molecule has 0 bridgehead atoms. The Kier molecular flexibility index (Phi) is 6.57. The maximum absolute atomic E-state index is 11.9. The molecule has 0 radical (unpaired) electrons. The van der Waals surface area contributed by atoms with Crippen LogP contribution in [-0.4, -0.2) is 25.1 Å². The SMILES string of the molecule is COc1cc(/C=C/C(=O)NCc2ccc([N+](=O)[O-])cc2)cc(Cl)c1OC. The molecule has 0 saturated carbocycles. The van der Waals surface area contributed by atoms with E-state index >= 15 is 0 Å². The Morgan fingerprint density at radius 2 is 1.92 bits per heavy atom. The lowest BCUT2D eigenvalue weighted by Crippen LogP contribution is -2.20. The van der Waals surface area contributed by atoms with Gasteiger partial charge in [0.05, 0.1) is 24.2 Å². The van der Waals surface area contributed by atoms with Gasteiger partial charge in [-0.25, -0.2) is 0 Å². The van der Waals surface area contributed by atoms with Crippen LogP contribution in [0.15, 0.2) is 42.5 Å². The molecular weight excluding hydrogens is 360 g/mol. The van der Waals surface area contributed by atoms with Crippen LogP contribution in [0.3, 0.4) is 0 Å². The fourth-order valence-electron chi connectivity index (χ4n) is 2.19. The van der Waals surface area contributed by atoms with Crippen LogP contribution < -0.4 is 14.8 Å². The molecule has 26 heavy (non-hydrogen) atoms. The van der Waals surface area contributed by atoms with E-state index in [-0.39, 0.29) is 18.1 Å². The zero-order chi connectivity index (χ0) is 19.1. The number of nitro groups is 1. The molecule has 0 fully saturated rings. The molecular formula is C18H17ClN2O5. The van der Waals surface area contributed by atoms with E-state index in [1.807, 2.05) is 0 Å². The summed E-state index contributed by atoms with van der Waals surface area (Å²) >= 11 is 6.12. The molecule has 0 aliphatic rings. The molecule has 0 aliphatic heterocycles. The first-order chi connectivity index (χ1) is 12.4. The number of methoxy groups -OCH3 is 2. The number of nitro benzene ring substituents is 1. The Hall–Kier alpha value is -3.06. The quantitative estimate of drug-likeness (QED) is 0.453. The molecule has 2 rings (SSSR count). The van der Waals surface area contributed by atoms with E-state index in [1.54, 1.807) is 30.3 Å². The van der Waals surface area contributed by atoms with Crippen LogP contribution in [0.2, 0.25) is 5.02 Å². The van der Waals surface area contributed by atoms with Crippen LogP contribution in [0.25, 0.3) is 6.08 Å². The minimum absolute atomic E-state index is 0.00491. The lowest BCUT2D eigenvalue weighted by atomic mass is 10.1. The standard InChI is InChI=1S/C18H17ClN2O5/c1-25-16-10-13(9-15(19)18(16)26-2)5-8-17(22)20-11-12-3-6-14(7-4-12)21(23)24/h3-10H,11H2,1-2H3,(H,20,22)/b8-5+. The van der Waals surface area contributed by atoms with Crippen LogP contribution in [0, 0.1) is 10.1 Å². The fourth-order valence-corrected chi connectivity index (χ4v) is 2.49. The summed E-state index contributed by atoms with van der Waals surface area (Å²) in [6, 6.07) is 9.33. The van der Waals surface area contributed by atoms with E-state index in [0.717, 1.165) is 5.56 Å². The molecule has 0 aromatic heterocycles. The third-order valence-electron chi connectivity index (χ3n) is 3.50. The number of amides is 1. The number of halogens is 1. The first-order valence-corrected chi connectivity index (χ1v) is 7.93. The van der Waals surface area contributed by atoms with Gasteiger partial charge in [0.1, 0.15) is 0 Å². The maximum atomic E-state index is 11.9. The van der Waals surface area contributed by atoms with E-state index in [2.05, 4.69) is 5.32 Å². The van der Waals surface area contributed by atoms with Crippen LogP contribution in [0.1, 0.15) is 11.1 Å². The summed E-state index contributed by atoms with van der Waals surface area (Å²) in [5.41, 5.74) is 1.44. The molecule has 136 valence electrons. The van der Waals surface area contributed by atoms with Gasteiger partial charge < -0.3 is 14.8 Å². The summed E-state index contributed by atoms with van der Waals surface area (Å²) in [4.78, 5) is 22.1. The zero-order valence-corrected chi connectivity index (χ0v) is 14.9. The average molecular weight is 377 g/mol. The highest BCUT2D eigenvalue weighted by Crippen LogP contribution is 2.36. The van der Waals surface area contributed by atoms with Crippen molar-refractivity contribution in [3.05, 3.63) is 68.7 Å². The minimum atomic E-state index is -0.473. The molecule has 2 aromatic rings. The number of carbonyl (C=O) groups is 1. The predicted molar refractivity (Wildman–Crippen MR) is 98.5 cm³/mol. The number of hydrogen-bond donors (Lipinski definition) is 1. The predicted octanol–water partition coefficient (Wildman–Crippen LogP) is 3.60. The molecule has 7 nitrogen and oxygen atoms in total. The summed E-state index contributed by atoms with van der Waals surface area (Å²) < 4.78 is 10.4. The van der Waals surface area contributed by atoms with Crippen molar-refractivity contribution < 1.29 is 19.2 Å².